The largest absolute Gasteiger partial charge is 0.493 e. The maximum Gasteiger partial charge on any atom is 0.255 e. The number of ether oxygens (including phenoxy) is 2. The number of rotatable bonds is 7. The lowest BCUT2D eigenvalue weighted by Crippen LogP contribution is -2.31. The average Bonchev–Trinajstić information content (AvgIpc) is 3.37. The highest BCUT2D eigenvalue weighted by atomic mass is 35.5. The fourth-order valence-corrected chi connectivity index (χ4v) is 5.07. The van der Waals surface area contributed by atoms with Crippen LogP contribution < -0.4 is 20.1 Å². The van der Waals surface area contributed by atoms with Crippen LogP contribution in [-0.4, -0.2) is 27.8 Å². The van der Waals surface area contributed by atoms with Crippen LogP contribution in [0.2, 0.25) is 10.0 Å². The maximum atomic E-state index is 13.7. The lowest BCUT2D eigenvalue weighted by atomic mass is 9.94. The minimum atomic E-state index is -0.553. The Hall–Kier alpha value is -4.01. The molecule has 10 heteroatoms. The van der Waals surface area contributed by atoms with Crippen molar-refractivity contribution in [3.63, 3.8) is 0 Å². The Morgan fingerprint density at radius 2 is 1.87 bits per heavy atom. The van der Waals surface area contributed by atoms with Crippen LogP contribution in [0.5, 0.6) is 11.5 Å². The molecule has 2 heterocycles. The summed E-state index contributed by atoms with van der Waals surface area (Å²) in [6.45, 7) is 6.07. The molecule has 0 fully saturated rings. The van der Waals surface area contributed by atoms with Crippen molar-refractivity contribution in [1.82, 2.24) is 14.8 Å². The molecule has 1 aromatic heterocycles. The minimum Gasteiger partial charge on any atom is -0.493 e. The number of carbonyl (C=O) groups excluding carboxylic acids is 1. The smallest absolute Gasteiger partial charge is 0.255 e. The number of halogens is 2. The van der Waals surface area contributed by atoms with E-state index < -0.39 is 6.04 Å². The van der Waals surface area contributed by atoms with Crippen molar-refractivity contribution >= 4 is 40.7 Å². The summed E-state index contributed by atoms with van der Waals surface area (Å²) in [6, 6.07) is 16.2. The summed E-state index contributed by atoms with van der Waals surface area (Å²) < 4.78 is 13.4. The normalized spacial score (nSPS) is 14.5. The number of fused-ring (bicyclic) bond motifs is 1. The van der Waals surface area contributed by atoms with Gasteiger partial charge in [-0.05, 0) is 62.2 Å². The van der Waals surface area contributed by atoms with Gasteiger partial charge in [0.1, 0.15) is 19.0 Å². The number of allylic oxidation sites excluding steroid dienone is 1. The quantitative estimate of drug-likeness (QED) is 0.259. The molecule has 1 amide bonds. The molecule has 2 N–H and O–H groups in total. The fraction of sp³-hybridized carbons (Fsp3) is 0.207. The Kier molecular flexibility index (Phi) is 7.50. The summed E-state index contributed by atoms with van der Waals surface area (Å²) in [5, 5.41) is 11.8. The third-order valence-electron chi connectivity index (χ3n) is 6.57. The lowest BCUT2D eigenvalue weighted by molar-refractivity contribution is -0.113. The highest BCUT2D eigenvalue weighted by molar-refractivity contribution is 6.35. The molecule has 0 bridgehead atoms. The van der Waals surface area contributed by atoms with Gasteiger partial charge in [0, 0.05) is 27.0 Å². The monoisotopic (exact) mass is 563 g/mol. The van der Waals surface area contributed by atoms with Crippen molar-refractivity contribution in [2.24, 2.45) is 0 Å². The zero-order valence-corrected chi connectivity index (χ0v) is 23.4. The molecule has 0 saturated heterocycles. The zero-order valence-electron chi connectivity index (χ0n) is 21.9. The molecule has 39 heavy (non-hydrogen) atoms. The molecule has 200 valence electrons. The number of carbonyl (C=O) groups is 1. The first kappa shape index (κ1) is 26.6. The number of nitrogens with one attached hydrogen (secondary N) is 2. The molecule has 0 spiro atoms. The molecule has 1 atom stereocenters. The second-order valence-electron chi connectivity index (χ2n) is 9.30. The van der Waals surface area contributed by atoms with Gasteiger partial charge >= 0.3 is 0 Å². The highest BCUT2D eigenvalue weighted by Gasteiger charge is 2.34. The van der Waals surface area contributed by atoms with Crippen LogP contribution in [0.1, 0.15) is 35.2 Å². The van der Waals surface area contributed by atoms with Crippen molar-refractivity contribution in [2.45, 2.75) is 33.4 Å². The number of benzene rings is 3. The van der Waals surface area contributed by atoms with Gasteiger partial charge in [-0.1, -0.05) is 53.0 Å². The first-order valence-corrected chi connectivity index (χ1v) is 13.0. The molecular formula is C29H27Cl2N5O3. The van der Waals surface area contributed by atoms with E-state index in [0.29, 0.717) is 38.8 Å². The first-order chi connectivity index (χ1) is 18.7. The summed E-state index contributed by atoms with van der Waals surface area (Å²) in [7, 11) is 1.57. The third-order valence-corrected chi connectivity index (χ3v) is 7.16. The van der Waals surface area contributed by atoms with E-state index in [2.05, 4.69) is 20.7 Å². The molecule has 0 saturated carbocycles. The zero-order chi connectivity index (χ0) is 27.7. The SMILES string of the molecule is COc1cc(C2C(C(=O)Nc3ccc(C)cc3C)=C(C)Nc3ncnn32)ccc1OCc1ccc(Cl)cc1Cl. The number of aromatic nitrogens is 3. The van der Waals surface area contributed by atoms with E-state index in [1.807, 2.05) is 63.2 Å². The average molecular weight is 564 g/mol. The van der Waals surface area contributed by atoms with Crippen LogP contribution in [0.4, 0.5) is 11.6 Å². The summed E-state index contributed by atoms with van der Waals surface area (Å²) in [5.74, 6) is 1.33. The van der Waals surface area contributed by atoms with Gasteiger partial charge < -0.3 is 20.1 Å². The predicted octanol–water partition coefficient (Wildman–Crippen LogP) is 6.72. The van der Waals surface area contributed by atoms with E-state index in [-0.39, 0.29) is 12.5 Å². The van der Waals surface area contributed by atoms with Crippen LogP contribution >= 0.6 is 23.2 Å². The Morgan fingerprint density at radius 3 is 2.62 bits per heavy atom. The topological polar surface area (TPSA) is 90.3 Å². The Labute approximate surface area is 236 Å². The van der Waals surface area contributed by atoms with E-state index in [1.165, 1.54) is 6.33 Å². The molecule has 3 aromatic carbocycles. The number of anilines is 2. The van der Waals surface area contributed by atoms with E-state index in [4.69, 9.17) is 32.7 Å². The van der Waals surface area contributed by atoms with Gasteiger partial charge in [0.2, 0.25) is 5.95 Å². The van der Waals surface area contributed by atoms with Gasteiger partial charge in [0.15, 0.2) is 11.5 Å². The summed E-state index contributed by atoms with van der Waals surface area (Å²) in [5.41, 5.74) is 5.61. The van der Waals surface area contributed by atoms with E-state index in [1.54, 1.807) is 23.9 Å². The summed E-state index contributed by atoms with van der Waals surface area (Å²) in [6.07, 6.45) is 1.46. The molecule has 8 nitrogen and oxygen atoms in total. The maximum absolute atomic E-state index is 13.7. The lowest BCUT2D eigenvalue weighted by Gasteiger charge is -2.29. The molecule has 0 aliphatic carbocycles. The van der Waals surface area contributed by atoms with Crippen LogP contribution in [0.25, 0.3) is 0 Å². The van der Waals surface area contributed by atoms with Crippen LogP contribution in [0.15, 0.2) is 72.2 Å². The first-order valence-electron chi connectivity index (χ1n) is 12.3. The number of hydrogen-bond donors (Lipinski definition) is 2. The number of aryl methyl sites for hydroxylation is 2. The predicted molar refractivity (Wildman–Crippen MR) is 153 cm³/mol. The fourth-order valence-electron chi connectivity index (χ4n) is 4.60. The Morgan fingerprint density at radius 1 is 1.05 bits per heavy atom. The van der Waals surface area contributed by atoms with Crippen LogP contribution in [-0.2, 0) is 11.4 Å². The van der Waals surface area contributed by atoms with E-state index in [9.17, 15) is 4.79 Å². The number of methoxy groups -OCH3 is 1. The van der Waals surface area contributed by atoms with Gasteiger partial charge in [0.05, 0.1) is 12.7 Å². The molecule has 5 rings (SSSR count). The van der Waals surface area contributed by atoms with Crippen molar-refractivity contribution in [3.05, 3.63) is 104 Å². The van der Waals surface area contributed by atoms with Crippen LogP contribution in [0, 0.1) is 13.8 Å². The number of amides is 1. The summed E-state index contributed by atoms with van der Waals surface area (Å²) in [4.78, 5) is 18.0. The highest BCUT2D eigenvalue weighted by Crippen LogP contribution is 2.39. The molecular weight excluding hydrogens is 537 g/mol. The minimum absolute atomic E-state index is 0.231. The summed E-state index contributed by atoms with van der Waals surface area (Å²) >= 11 is 12.3. The standard InChI is InChI=1S/C29H27Cl2N5O3/c1-16-5-9-23(17(2)11-16)35-28(37)26-18(3)34-29-32-15-33-36(29)27(26)19-7-10-24(25(12-19)38-4)39-14-20-6-8-21(30)13-22(20)31/h5-13,15,27H,14H2,1-4H3,(H,35,37)(H,32,33,34). The van der Waals surface area contributed by atoms with Gasteiger partial charge in [-0.15, -0.1) is 0 Å². The van der Waals surface area contributed by atoms with E-state index in [0.717, 1.165) is 27.9 Å². The van der Waals surface area contributed by atoms with Crippen molar-refractivity contribution in [3.8, 4) is 11.5 Å². The Balaban J connectivity index is 1.47. The second-order valence-corrected chi connectivity index (χ2v) is 10.1. The third kappa shape index (κ3) is 5.44. The molecule has 1 unspecified atom stereocenters. The van der Waals surface area contributed by atoms with E-state index >= 15 is 0 Å². The Bertz CT molecular complexity index is 1600. The molecule has 4 aromatic rings. The number of hydrogen-bond acceptors (Lipinski definition) is 6. The molecule has 0 radical (unpaired) electrons. The van der Waals surface area contributed by atoms with Crippen molar-refractivity contribution in [1.29, 1.82) is 0 Å². The molecule has 1 aliphatic heterocycles. The van der Waals surface area contributed by atoms with Gasteiger partial charge in [-0.2, -0.15) is 10.1 Å². The van der Waals surface area contributed by atoms with Crippen LogP contribution in [0.3, 0.4) is 0 Å². The van der Waals surface area contributed by atoms with Gasteiger partial charge in [0.25, 0.3) is 5.91 Å². The van der Waals surface area contributed by atoms with Crippen molar-refractivity contribution in [2.75, 3.05) is 17.7 Å². The van der Waals surface area contributed by atoms with Gasteiger partial charge in [-0.25, -0.2) is 4.68 Å². The second kappa shape index (κ2) is 11.0. The number of nitrogens with zero attached hydrogens (tertiary/aromatic N) is 3. The molecule has 1 aliphatic rings. The van der Waals surface area contributed by atoms with Gasteiger partial charge in [-0.3, -0.25) is 4.79 Å². The van der Waals surface area contributed by atoms with Crippen molar-refractivity contribution < 1.29 is 14.3 Å².